The van der Waals surface area contributed by atoms with Crippen LogP contribution < -0.4 is 11.1 Å². The highest BCUT2D eigenvalue weighted by Gasteiger charge is 2.29. The molecule has 1 atom stereocenters. The van der Waals surface area contributed by atoms with E-state index < -0.39 is 0 Å². The lowest BCUT2D eigenvalue weighted by atomic mass is 10.0. The molecule has 1 aromatic heterocycles. The summed E-state index contributed by atoms with van der Waals surface area (Å²) in [4.78, 5) is 3.99. The molecule has 1 saturated carbocycles. The number of likely N-dealkylation sites (N-methyl/N-ethyl adjacent to an activating group) is 1. The van der Waals surface area contributed by atoms with Crippen molar-refractivity contribution in [1.29, 1.82) is 0 Å². The number of rotatable bonds is 4. The van der Waals surface area contributed by atoms with Gasteiger partial charge in [-0.25, -0.2) is 4.98 Å². The Morgan fingerprint density at radius 1 is 1.64 bits per heavy atom. The fourth-order valence-electron chi connectivity index (χ4n) is 1.88. The smallest absolute Gasteiger partial charge is 0.123 e. The van der Waals surface area contributed by atoms with Gasteiger partial charge in [0, 0.05) is 12.2 Å². The van der Waals surface area contributed by atoms with Crippen molar-refractivity contribution >= 4 is 5.82 Å². The molecule has 0 radical (unpaired) electrons. The van der Waals surface area contributed by atoms with Crippen LogP contribution in [0.5, 0.6) is 0 Å². The van der Waals surface area contributed by atoms with Crippen LogP contribution in [0, 0.1) is 5.92 Å². The molecule has 1 aromatic rings. The highest BCUT2D eigenvalue weighted by molar-refractivity contribution is 5.32. The number of hydrogen-bond donors (Lipinski definition) is 2. The van der Waals surface area contributed by atoms with Gasteiger partial charge in [-0.05, 0) is 49.9 Å². The Kier molecular flexibility index (Phi) is 2.68. The molecule has 1 fully saturated rings. The van der Waals surface area contributed by atoms with Crippen molar-refractivity contribution in [2.24, 2.45) is 5.92 Å². The Balaban J connectivity index is 2.01. The molecule has 14 heavy (non-hydrogen) atoms. The molecular weight excluding hydrogens is 174 g/mol. The summed E-state index contributed by atoms with van der Waals surface area (Å²) in [6, 6.07) is 4.62. The van der Waals surface area contributed by atoms with Gasteiger partial charge in [-0.1, -0.05) is 0 Å². The first-order valence-corrected chi connectivity index (χ1v) is 5.17. The van der Waals surface area contributed by atoms with Crippen LogP contribution in [0.3, 0.4) is 0 Å². The first kappa shape index (κ1) is 9.46. The second-order valence-electron chi connectivity index (χ2n) is 4.03. The Morgan fingerprint density at radius 3 is 3.00 bits per heavy atom. The summed E-state index contributed by atoms with van der Waals surface area (Å²) in [5, 5.41) is 3.37. The van der Waals surface area contributed by atoms with E-state index in [-0.39, 0.29) is 0 Å². The lowest BCUT2D eigenvalue weighted by Gasteiger charge is -2.15. The molecule has 1 aliphatic rings. The molecule has 1 unspecified atom stereocenters. The highest BCUT2D eigenvalue weighted by Crippen LogP contribution is 2.33. The Morgan fingerprint density at radius 2 is 2.43 bits per heavy atom. The summed E-state index contributed by atoms with van der Waals surface area (Å²) >= 11 is 0. The van der Waals surface area contributed by atoms with Crippen LogP contribution in [0.15, 0.2) is 18.3 Å². The fourth-order valence-corrected chi connectivity index (χ4v) is 1.88. The van der Waals surface area contributed by atoms with Crippen LogP contribution in [0.25, 0.3) is 0 Å². The van der Waals surface area contributed by atoms with E-state index >= 15 is 0 Å². The second kappa shape index (κ2) is 3.96. The summed E-state index contributed by atoms with van der Waals surface area (Å²) in [6.45, 7) is 0. The lowest BCUT2D eigenvalue weighted by Crippen LogP contribution is -2.29. The van der Waals surface area contributed by atoms with Crippen molar-refractivity contribution in [3.05, 3.63) is 23.9 Å². The minimum Gasteiger partial charge on any atom is -0.384 e. The molecule has 0 aliphatic heterocycles. The number of aromatic nitrogens is 1. The maximum atomic E-state index is 5.64. The molecule has 1 aliphatic carbocycles. The normalized spacial score (nSPS) is 18.1. The van der Waals surface area contributed by atoms with Gasteiger partial charge >= 0.3 is 0 Å². The van der Waals surface area contributed by atoms with Crippen LogP contribution in [-0.2, 0) is 6.42 Å². The summed E-state index contributed by atoms with van der Waals surface area (Å²) in [5.41, 5.74) is 6.92. The zero-order valence-electron chi connectivity index (χ0n) is 8.53. The third-order valence-electron chi connectivity index (χ3n) is 2.86. The summed E-state index contributed by atoms with van der Waals surface area (Å²) in [7, 11) is 2.04. The lowest BCUT2D eigenvalue weighted by molar-refractivity contribution is 0.500. The van der Waals surface area contributed by atoms with E-state index in [2.05, 4.69) is 10.3 Å². The van der Waals surface area contributed by atoms with Crippen molar-refractivity contribution in [2.45, 2.75) is 25.3 Å². The average molecular weight is 191 g/mol. The number of hydrogen-bond acceptors (Lipinski definition) is 3. The van der Waals surface area contributed by atoms with Gasteiger partial charge in [0.05, 0.1) is 0 Å². The quantitative estimate of drug-likeness (QED) is 0.752. The first-order chi connectivity index (χ1) is 6.79. The molecule has 1 heterocycles. The minimum atomic E-state index is 0.608. The zero-order valence-corrected chi connectivity index (χ0v) is 8.53. The van der Waals surface area contributed by atoms with Crippen molar-refractivity contribution < 1.29 is 0 Å². The number of pyridine rings is 1. The second-order valence-corrected chi connectivity index (χ2v) is 4.03. The van der Waals surface area contributed by atoms with Crippen LogP contribution in [0.4, 0.5) is 5.82 Å². The van der Waals surface area contributed by atoms with Crippen LogP contribution in [-0.4, -0.2) is 18.1 Å². The SMILES string of the molecule is CNC(Cc1ccnc(N)c1)C1CC1. The van der Waals surface area contributed by atoms with Gasteiger partial charge in [-0.3, -0.25) is 0 Å². The van der Waals surface area contributed by atoms with Gasteiger partial charge in [0.1, 0.15) is 5.82 Å². The Hall–Kier alpha value is -1.09. The summed E-state index contributed by atoms with van der Waals surface area (Å²) in [6.07, 6.45) is 5.58. The van der Waals surface area contributed by atoms with Crippen LogP contribution in [0.1, 0.15) is 18.4 Å². The zero-order chi connectivity index (χ0) is 9.97. The van der Waals surface area contributed by atoms with Crippen molar-refractivity contribution in [3.63, 3.8) is 0 Å². The number of nitrogen functional groups attached to an aromatic ring is 1. The maximum absolute atomic E-state index is 5.64. The van der Waals surface area contributed by atoms with E-state index in [1.54, 1.807) is 6.20 Å². The van der Waals surface area contributed by atoms with Gasteiger partial charge in [0.2, 0.25) is 0 Å². The molecule has 2 rings (SSSR count). The number of nitrogens with two attached hydrogens (primary N) is 1. The molecule has 3 N–H and O–H groups in total. The van der Waals surface area contributed by atoms with Crippen molar-refractivity contribution in [1.82, 2.24) is 10.3 Å². The summed E-state index contributed by atoms with van der Waals surface area (Å²) < 4.78 is 0. The molecule has 0 aromatic carbocycles. The van der Waals surface area contributed by atoms with Crippen molar-refractivity contribution in [3.8, 4) is 0 Å². The number of anilines is 1. The number of nitrogens with one attached hydrogen (secondary N) is 1. The monoisotopic (exact) mass is 191 g/mol. The largest absolute Gasteiger partial charge is 0.384 e. The molecule has 0 saturated heterocycles. The summed E-state index contributed by atoms with van der Waals surface area (Å²) in [5.74, 6) is 1.49. The van der Waals surface area contributed by atoms with Crippen LogP contribution in [0.2, 0.25) is 0 Å². The highest BCUT2D eigenvalue weighted by atomic mass is 14.9. The Labute approximate surface area is 84.7 Å². The predicted molar refractivity (Wildman–Crippen MR) is 57.9 cm³/mol. The van der Waals surface area contributed by atoms with E-state index in [4.69, 9.17) is 5.73 Å². The Bertz CT molecular complexity index is 307. The molecule has 0 amide bonds. The first-order valence-electron chi connectivity index (χ1n) is 5.17. The van der Waals surface area contributed by atoms with E-state index in [1.807, 2.05) is 19.2 Å². The molecule has 0 bridgehead atoms. The van der Waals surface area contributed by atoms with E-state index in [0.29, 0.717) is 11.9 Å². The minimum absolute atomic E-state index is 0.608. The predicted octanol–water partition coefficient (Wildman–Crippen LogP) is 1.20. The van der Waals surface area contributed by atoms with E-state index in [0.717, 1.165) is 12.3 Å². The fraction of sp³-hybridized carbons (Fsp3) is 0.545. The van der Waals surface area contributed by atoms with Crippen LogP contribution >= 0.6 is 0 Å². The maximum Gasteiger partial charge on any atom is 0.123 e. The van der Waals surface area contributed by atoms with E-state index in [1.165, 1.54) is 18.4 Å². The molecule has 3 heteroatoms. The number of nitrogens with zero attached hydrogens (tertiary/aromatic N) is 1. The topological polar surface area (TPSA) is 50.9 Å². The third-order valence-corrected chi connectivity index (χ3v) is 2.86. The standard InChI is InChI=1S/C11H17N3/c1-13-10(9-2-3-9)6-8-4-5-14-11(12)7-8/h4-5,7,9-10,13H,2-3,6H2,1H3,(H2,12,14). The molecule has 76 valence electrons. The van der Waals surface area contributed by atoms with Gasteiger partial charge in [0.25, 0.3) is 0 Å². The van der Waals surface area contributed by atoms with Gasteiger partial charge in [-0.2, -0.15) is 0 Å². The van der Waals surface area contributed by atoms with Gasteiger partial charge in [-0.15, -0.1) is 0 Å². The van der Waals surface area contributed by atoms with Crippen molar-refractivity contribution in [2.75, 3.05) is 12.8 Å². The molecule has 3 nitrogen and oxygen atoms in total. The van der Waals surface area contributed by atoms with Gasteiger partial charge in [0.15, 0.2) is 0 Å². The molecule has 0 spiro atoms. The molecular formula is C11H17N3. The average Bonchev–Trinajstić information content (AvgIpc) is 2.97. The van der Waals surface area contributed by atoms with E-state index in [9.17, 15) is 0 Å². The third kappa shape index (κ3) is 2.23. The van der Waals surface area contributed by atoms with Gasteiger partial charge < -0.3 is 11.1 Å².